The molecule has 2 heterocycles. The first-order valence-electron chi connectivity index (χ1n) is 12.0. The fraction of sp³-hybridized carbons (Fsp3) is 0.654. The van der Waals surface area contributed by atoms with Gasteiger partial charge in [0.2, 0.25) is 11.8 Å². The molecule has 0 radical (unpaired) electrons. The standard InChI is InChI=1S/C26H35N3O2/c1-16-5-4-6-22(27-16)29-24(31)15-17-7-9-19-18-8-10-21-26(3,14-12-23(30)28-21)20(18)11-13-25(17,19)2/h4-6,12,14,17-21H,7-11,13,15H2,1-3H3,(H,28,30)(H,27,29,31)/t17-,18+,19+,20+,21-,25-,26-/m1/s1. The summed E-state index contributed by atoms with van der Waals surface area (Å²) in [5.41, 5.74) is 1.23. The Morgan fingerprint density at radius 2 is 2.00 bits per heavy atom. The van der Waals surface area contributed by atoms with Crippen LogP contribution in [0.25, 0.3) is 0 Å². The molecule has 1 aromatic rings. The molecule has 2 N–H and O–H groups in total. The molecule has 166 valence electrons. The minimum atomic E-state index is 0.0663. The summed E-state index contributed by atoms with van der Waals surface area (Å²) in [7, 11) is 0. The topological polar surface area (TPSA) is 71.1 Å². The van der Waals surface area contributed by atoms with Gasteiger partial charge in [0.05, 0.1) is 0 Å². The largest absolute Gasteiger partial charge is 0.349 e. The highest BCUT2D eigenvalue weighted by atomic mass is 16.2. The minimum absolute atomic E-state index is 0.0663. The quantitative estimate of drug-likeness (QED) is 0.747. The number of aryl methyl sites for hydroxylation is 1. The highest BCUT2D eigenvalue weighted by Crippen LogP contribution is 2.65. The number of hydrogen-bond acceptors (Lipinski definition) is 3. The van der Waals surface area contributed by atoms with Crippen molar-refractivity contribution in [3.63, 3.8) is 0 Å². The number of hydrogen-bond donors (Lipinski definition) is 2. The lowest BCUT2D eigenvalue weighted by molar-refractivity contribution is -0.123. The summed E-state index contributed by atoms with van der Waals surface area (Å²) in [6.07, 6.45) is 11.6. The van der Waals surface area contributed by atoms with Gasteiger partial charge in [0.25, 0.3) is 0 Å². The van der Waals surface area contributed by atoms with Gasteiger partial charge in [0, 0.05) is 23.6 Å². The number of carbonyl (C=O) groups excluding carboxylic acids is 2. The normalized spacial score (nSPS) is 41.0. The molecule has 5 heteroatoms. The molecule has 2 amide bonds. The van der Waals surface area contributed by atoms with E-state index in [1.54, 1.807) is 6.08 Å². The third-order valence-electron chi connectivity index (χ3n) is 9.47. The van der Waals surface area contributed by atoms with E-state index in [-0.39, 0.29) is 28.7 Å². The van der Waals surface area contributed by atoms with Gasteiger partial charge in [0.1, 0.15) is 5.82 Å². The lowest BCUT2D eigenvalue weighted by Crippen LogP contribution is -2.59. The summed E-state index contributed by atoms with van der Waals surface area (Å²) in [6, 6.07) is 6.02. The zero-order valence-corrected chi connectivity index (χ0v) is 19.0. The van der Waals surface area contributed by atoms with Crippen molar-refractivity contribution < 1.29 is 9.59 Å². The van der Waals surface area contributed by atoms with Gasteiger partial charge in [0.15, 0.2) is 0 Å². The van der Waals surface area contributed by atoms with E-state index in [1.165, 1.54) is 25.7 Å². The summed E-state index contributed by atoms with van der Waals surface area (Å²) in [5.74, 6) is 3.28. The predicted octanol–water partition coefficient (Wildman–Crippen LogP) is 4.63. The van der Waals surface area contributed by atoms with Gasteiger partial charge in [-0.2, -0.15) is 0 Å². The molecule has 0 saturated heterocycles. The van der Waals surface area contributed by atoms with Crippen molar-refractivity contribution in [2.75, 3.05) is 5.32 Å². The van der Waals surface area contributed by atoms with Crippen LogP contribution in [0.2, 0.25) is 0 Å². The van der Waals surface area contributed by atoms with Crippen molar-refractivity contribution in [3.8, 4) is 0 Å². The molecule has 0 unspecified atom stereocenters. The van der Waals surface area contributed by atoms with Gasteiger partial charge < -0.3 is 10.6 Å². The van der Waals surface area contributed by atoms with Gasteiger partial charge in [-0.15, -0.1) is 0 Å². The average molecular weight is 422 g/mol. The van der Waals surface area contributed by atoms with E-state index in [2.05, 4.69) is 35.5 Å². The van der Waals surface area contributed by atoms with Crippen LogP contribution in [0.15, 0.2) is 30.4 Å². The molecule has 1 aromatic heterocycles. The lowest BCUT2D eigenvalue weighted by Gasteiger charge is -2.59. The second-order valence-corrected chi connectivity index (χ2v) is 11.0. The molecule has 3 fully saturated rings. The Labute approximate surface area is 185 Å². The number of nitrogens with zero attached hydrogens (tertiary/aromatic N) is 1. The maximum atomic E-state index is 12.8. The van der Waals surface area contributed by atoms with Crippen LogP contribution in [-0.4, -0.2) is 22.8 Å². The van der Waals surface area contributed by atoms with Crippen LogP contribution >= 0.6 is 0 Å². The van der Waals surface area contributed by atoms with Crippen LogP contribution in [0.5, 0.6) is 0 Å². The van der Waals surface area contributed by atoms with E-state index in [9.17, 15) is 9.59 Å². The zero-order valence-electron chi connectivity index (χ0n) is 19.0. The number of aromatic nitrogens is 1. The van der Waals surface area contributed by atoms with Crippen LogP contribution < -0.4 is 10.6 Å². The minimum Gasteiger partial charge on any atom is -0.349 e. The van der Waals surface area contributed by atoms with Crippen LogP contribution in [-0.2, 0) is 9.59 Å². The smallest absolute Gasteiger partial charge is 0.243 e. The number of fused-ring (bicyclic) bond motifs is 5. The Hall–Kier alpha value is -2.17. The van der Waals surface area contributed by atoms with Crippen molar-refractivity contribution in [1.82, 2.24) is 10.3 Å². The average Bonchev–Trinajstić information content (AvgIpc) is 3.05. The monoisotopic (exact) mass is 421 g/mol. The summed E-state index contributed by atoms with van der Waals surface area (Å²) in [4.78, 5) is 29.2. The van der Waals surface area contributed by atoms with E-state index >= 15 is 0 Å². The van der Waals surface area contributed by atoms with Crippen molar-refractivity contribution in [2.45, 2.75) is 71.8 Å². The fourth-order valence-electron chi connectivity index (χ4n) is 7.81. The summed E-state index contributed by atoms with van der Waals surface area (Å²) < 4.78 is 0. The van der Waals surface area contributed by atoms with E-state index in [4.69, 9.17) is 0 Å². The fourth-order valence-corrected chi connectivity index (χ4v) is 7.81. The van der Waals surface area contributed by atoms with E-state index in [0.717, 1.165) is 18.5 Å². The van der Waals surface area contributed by atoms with Crippen LogP contribution in [0.1, 0.15) is 64.5 Å². The Morgan fingerprint density at radius 3 is 2.81 bits per heavy atom. The third-order valence-corrected chi connectivity index (χ3v) is 9.47. The molecule has 0 bridgehead atoms. The summed E-state index contributed by atoms with van der Waals surface area (Å²) in [5, 5.41) is 6.27. The molecular formula is C26H35N3O2. The molecule has 4 aliphatic rings. The zero-order chi connectivity index (χ0) is 21.8. The van der Waals surface area contributed by atoms with Crippen molar-refractivity contribution >= 4 is 17.6 Å². The maximum Gasteiger partial charge on any atom is 0.243 e. The van der Waals surface area contributed by atoms with Crippen molar-refractivity contribution in [1.29, 1.82) is 0 Å². The predicted molar refractivity (Wildman–Crippen MR) is 121 cm³/mol. The van der Waals surface area contributed by atoms with E-state index < -0.39 is 0 Å². The number of anilines is 1. The number of amides is 2. The van der Waals surface area contributed by atoms with Gasteiger partial charge >= 0.3 is 0 Å². The molecule has 3 saturated carbocycles. The van der Waals surface area contributed by atoms with E-state index in [1.807, 2.05) is 25.1 Å². The molecule has 5 nitrogen and oxygen atoms in total. The Kier molecular flexibility index (Phi) is 4.98. The van der Waals surface area contributed by atoms with Crippen molar-refractivity contribution in [2.24, 2.45) is 34.5 Å². The first-order valence-corrected chi connectivity index (χ1v) is 12.0. The number of nitrogens with one attached hydrogen (secondary N) is 2. The second-order valence-electron chi connectivity index (χ2n) is 11.0. The molecule has 0 spiro atoms. The van der Waals surface area contributed by atoms with Gasteiger partial charge in [-0.3, -0.25) is 9.59 Å². The molecule has 7 atom stereocenters. The maximum absolute atomic E-state index is 12.8. The highest BCUT2D eigenvalue weighted by molar-refractivity contribution is 5.90. The van der Waals surface area contributed by atoms with E-state index in [0.29, 0.717) is 35.9 Å². The Bertz CT molecular complexity index is 927. The second kappa shape index (κ2) is 7.46. The van der Waals surface area contributed by atoms with Gasteiger partial charge in [-0.05, 0) is 92.7 Å². The number of pyridine rings is 1. The van der Waals surface area contributed by atoms with Gasteiger partial charge in [-0.25, -0.2) is 4.98 Å². The number of rotatable bonds is 3. The molecule has 0 aromatic carbocycles. The van der Waals surface area contributed by atoms with Gasteiger partial charge in [-0.1, -0.05) is 26.0 Å². The third kappa shape index (κ3) is 3.41. The Morgan fingerprint density at radius 1 is 1.16 bits per heavy atom. The van der Waals surface area contributed by atoms with Crippen molar-refractivity contribution in [3.05, 3.63) is 36.0 Å². The Balaban J connectivity index is 1.30. The molecular weight excluding hydrogens is 386 g/mol. The molecule has 5 rings (SSSR count). The molecule has 3 aliphatic carbocycles. The lowest BCUT2D eigenvalue weighted by atomic mass is 9.48. The summed E-state index contributed by atoms with van der Waals surface area (Å²) in [6.45, 7) is 6.76. The van der Waals surface area contributed by atoms with Crippen LogP contribution in [0.4, 0.5) is 5.82 Å². The number of carbonyl (C=O) groups is 2. The summed E-state index contributed by atoms with van der Waals surface area (Å²) >= 11 is 0. The first kappa shape index (κ1) is 20.7. The van der Waals surface area contributed by atoms with Crippen LogP contribution in [0, 0.1) is 41.4 Å². The molecule has 31 heavy (non-hydrogen) atoms. The molecule has 1 aliphatic heterocycles. The first-order chi connectivity index (χ1) is 14.8. The van der Waals surface area contributed by atoms with Crippen LogP contribution in [0.3, 0.4) is 0 Å². The SMILES string of the molecule is Cc1cccc(NC(=O)C[C@H]2CC[C@H]3[C@@H]4CC[C@H]5NC(=O)C=C[C@]5(C)[C@H]4CC[C@]23C)n1. The highest BCUT2D eigenvalue weighted by Gasteiger charge is 2.59.